The Morgan fingerprint density at radius 2 is 1.95 bits per heavy atom. The number of nitrogens with two attached hydrogens (primary N) is 1. The first-order valence-electron chi connectivity index (χ1n) is 7.05. The lowest BCUT2D eigenvalue weighted by Crippen LogP contribution is -2.43. The van der Waals surface area contributed by atoms with E-state index in [4.69, 9.17) is 28.9 Å². The van der Waals surface area contributed by atoms with Crippen molar-refractivity contribution in [2.45, 2.75) is 31.2 Å². The van der Waals surface area contributed by atoms with Crippen molar-refractivity contribution >= 4 is 29.1 Å². The van der Waals surface area contributed by atoms with Crippen LogP contribution in [0.15, 0.2) is 18.2 Å². The predicted molar refractivity (Wildman–Crippen MR) is 81.1 cm³/mol. The van der Waals surface area contributed by atoms with Gasteiger partial charge in [0.05, 0.1) is 0 Å². The molecule has 3 nitrogen and oxygen atoms in total. The summed E-state index contributed by atoms with van der Waals surface area (Å²) in [5.74, 6) is 0.596. The van der Waals surface area contributed by atoms with Gasteiger partial charge in [-0.3, -0.25) is 4.79 Å². The molecule has 1 aliphatic carbocycles. The molecule has 1 aromatic carbocycles. The largest absolute Gasteiger partial charge is 0.342 e. The molecular weight excluding hydrogens is 295 g/mol. The second-order valence-electron chi connectivity index (χ2n) is 5.78. The summed E-state index contributed by atoms with van der Waals surface area (Å²) in [7, 11) is 0. The summed E-state index contributed by atoms with van der Waals surface area (Å²) in [5, 5.41) is 1.30. The van der Waals surface area contributed by atoms with Gasteiger partial charge in [0, 0.05) is 35.1 Å². The van der Waals surface area contributed by atoms with Gasteiger partial charge >= 0.3 is 0 Å². The van der Waals surface area contributed by atoms with Crippen molar-refractivity contribution in [1.82, 2.24) is 4.90 Å². The van der Waals surface area contributed by atoms with Gasteiger partial charge in [0.1, 0.15) is 0 Å². The fourth-order valence-corrected chi connectivity index (χ4v) is 3.52. The number of likely N-dealkylation sites (tertiary alicyclic amines) is 1. The zero-order valence-corrected chi connectivity index (χ0v) is 12.7. The molecule has 20 heavy (non-hydrogen) atoms. The molecule has 0 radical (unpaired) electrons. The third-order valence-electron chi connectivity index (χ3n) is 4.32. The van der Waals surface area contributed by atoms with Crippen molar-refractivity contribution in [1.29, 1.82) is 0 Å². The number of piperidine rings is 1. The minimum absolute atomic E-state index is 0.0861. The monoisotopic (exact) mass is 312 g/mol. The van der Waals surface area contributed by atoms with Crippen molar-refractivity contribution < 1.29 is 4.79 Å². The van der Waals surface area contributed by atoms with Crippen LogP contribution in [0.3, 0.4) is 0 Å². The van der Waals surface area contributed by atoms with Gasteiger partial charge in [-0.2, -0.15) is 0 Å². The van der Waals surface area contributed by atoms with E-state index in [1.165, 1.54) is 0 Å². The number of halogens is 2. The lowest BCUT2D eigenvalue weighted by molar-refractivity contribution is -0.133. The van der Waals surface area contributed by atoms with E-state index in [9.17, 15) is 4.79 Å². The van der Waals surface area contributed by atoms with Crippen molar-refractivity contribution in [3.05, 3.63) is 33.8 Å². The molecule has 1 heterocycles. The van der Waals surface area contributed by atoms with E-state index in [-0.39, 0.29) is 23.8 Å². The number of amides is 1. The number of carbonyl (C=O) groups excluding carboxylic acids is 1. The van der Waals surface area contributed by atoms with Crippen LogP contribution in [0.2, 0.25) is 10.0 Å². The van der Waals surface area contributed by atoms with Crippen LogP contribution in [0.25, 0.3) is 0 Å². The Labute approximate surface area is 129 Å². The van der Waals surface area contributed by atoms with Crippen LogP contribution in [-0.4, -0.2) is 29.9 Å². The molecule has 0 unspecified atom stereocenters. The molecule has 0 spiro atoms. The molecule has 3 rings (SSSR count). The van der Waals surface area contributed by atoms with Crippen LogP contribution >= 0.6 is 23.2 Å². The number of hydrogen-bond donors (Lipinski definition) is 1. The number of nitrogens with zero attached hydrogens (tertiary/aromatic N) is 1. The first-order chi connectivity index (χ1) is 9.56. The Balaban J connectivity index is 1.65. The maximum Gasteiger partial charge on any atom is 0.226 e. The number of hydrogen-bond acceptors (Lipinski definition) is 2. The summed E-state index contributed by atoms with van der Waals surface area (Å²) in [6.07, 6.45) is 2.71. The molecule has 1 aliphatic heterocycles. The van der Waals surface area contributed by atoms with Gasteiger partial charge in [-0.05, 0) is 42.9 Å². The quantitative estimate of drug-likeness (QED) is 0.912. The highest BCUT2D eigenvalue weighted by molar-refractivity contribution is 6.35. The number of carbonyl (C=O) groups is 1. The van der Waals surface area contributed by atoms with Gasteiger partial charge in [0.15, 0.2) is 0 Å². The maximum absolute atomic E-state index is 12.4. The van der Waals surface area contributed by atoms with Crippen LogP contribution in [0.4, 0.5) is 0 Å². The van der Waals surface area contributed by atoms with Gasteiger partial charge in [0.2, 0.25) is 5.91 Å². The molecular formula is C15H18Cl2N2O. The van der Waals surface area contributed by atoms with Crippen LogP contribution in [0, 0.1) is 5.92 Å². The molecule has 1 saturated heterocycles. The van der Waals surface area contributed by atoms with Crippen LogP contribution in [-0.2, 0) is 4.79 Å². The lowest BCUT2D eigenvalue weighted by atomic mass is 10.0. The van der Waals surface area contributed by atoms with Crippen molar-refractivity contribution in [3.63, 3.8) is 0 Å². The molecule has 1 amide bonds. The summed E-state index contributed by atoms with van der Waals surface area (Å²) < 4.78 is 0. The molecule has 0 bridgehead atoms. The highest BCUT2D eigenvalue weighted by Crippen LogP contribution is 2.50. The van der Waals surface area contributed by atoms with Crippen molar-refractivity contribution in [3.8, 4) is 0 Å². The second-order valence-corrected chi connectivity index (χ2v) is 6.62. The summed E-state index contributed by atoms with van der Waals surface area (Å²) in [4.78, 5) is 14.4. The Hall–Kier alpha value is -0.770. The molecule has 2 fully saturated rings. The SMILES string of the molecule is NC1CCN(C(=O)[C@H]2C[C@@H]2c2ccc(Cl)cc2Cl)CC1. The number of benzene rings is 1. The first-order valence-corrected chi connectivity index (χ1v) is 7.81. The lowest BCUT2D eigenvalue weighted by Gasteiger charge is -2.30. The molecule has 0 aromatic heterocycles. The van der Waals surface area contributed by atoms with Gasteiger partial charge in [-0.15, -0.1) is 0 Å². The second kappa shape index (κ2) is 5.55. The summed E-state index contributed by atoms with van der Waals surface area (Å²) in [6, 6.07) is 5.77. The van der Waals surface area contributed by atoms with E-state index in [2.05, 4.69) is 0 Å². The van der Waals surface area contributed by atoms with Gasteiger partial charge in [-0.25, -0.2) is 0 Å². The fraction of sp³-hybridized carbons (Fsp3) is 0.533. The summed E-state index contributed by atoms with van der Waals surface area (Å²) >= 11 is 12.1. The molecule has 5 heteroatoms. The Kier molecular flexibility index (Phi) is 3.93. The zero-order valence-electron chi connectivity index (χ0n) is 11.2. The Morgan fingerprint density at radius 1 is 1.25 bits per heavy atom. The van der Waals surface area contributed by atoms with Gasteiger partial charge in [-0.1, -0.05) is 29.3 Å². The third-order valence-corrected chi connectivity index (χ3v) is 4.88. The first kappa shape index (κ1) is 14.2. The van der Waals surface area contributed by atoms with Crippen LogP contribution in [0.5, 0.6) is 0 Å². The van der Waals surface area contributed by atoms with E-state index < -0.39 is 0 Å². The van der Waals surface area contributed by atoms with Crippen molar-refractivity contribution in [2.24, 2.45) is 11.7 Å². The van der Waals surface area contributed by atoms with Crippen molar-refractivity contribution in [2.75, 3.05) is 13.1 Å². The highest BCUT2D eigenvalue weighted by atomic mass is 35.5. The average molecular weight is 313 g/mol. The predicted octanol–water partition coefficient (Wildman–Crippen LogP) is 3.05. The topological polar surface area (TPSA) is 46.3 Å². The molecule has 2 N–H and O–H groups in total. The normalized spacial score (nSPS) is 26.6. The smallest absolute Gasteiger partial charge is 0.226 e. The standard InChI is InChI=1S/C15H18Cl2N2O/c16-9-1-2-11(14(17)7-9)12-8-13(12)15(20)19-5-3-10(18)4-6-19/h1-2,7,10,12-13H,3-6,8,18H2/t12-,13+/m1/s1. The minimum atomic E-state index is 0.0861. The van der Waals surface area contributed by atoms with Crippen LogP contribution in [0.1, 0.15) is 30.7 Å². The van der Waals surface area contributed by atoms with E-state index in [1.54, 1.807) is 6.07 Å². The van der Waals surface area contributed by atoms with E-state index in [0.717, 1.165) is 37.9 Å². The van der Waals surface area contributed by atoms with Gasteiger partial charge in [0.25, 0.3) is 0 Å². The molecule has 1 saturated carbocycles. The molecule has 1 aromatic rings. The third kappa shape index (κ3) is 2.80. The van der Waals surface area contributed by atoms with E-state index in [0.29, 0.717) is 10.0 Å². The summed E-state index contributed by atoms with van der Waals surface area (Å²) in [6.45, 7) is 1.58. The van der Waals surface area contributed by atoms with E-state index >= 15 is 0 Å². The number of rotatable bonds is 2. The molecule has 108 valence electrons. The fourth-order valence-electron chi connectivity index (χ4n) is 2.97. The Bertz CT molecular complexity index is 527. The molecule has 2 aliphatic rings. The van der Waals surface area contributed by atoms with Gasteiger partial charge < -0.3 is 10.6 Å². The summed E-state index contributed by atoms with van der Waals surface area (Å²) in [5.41, 5.74) is 6.92. The van der Waals surface area contributed by atoms with E-state index in [1.807, 2.05) is 17.0 Å². The maximum atomic E-state index is 12.4. The zero-order chi connectivity index (χ0) is 14.3. The minimum Gasteiger partial charge on any atom is -0.342 e. The average Bonchev–Trinajstić information content (AvgIpc) is 3.19. The Morgan fingerprint density at radius 3 is 2.60 bits per heavy atom. The molecule has 2 atom stereocenters. The highest BCUT2D eigenvalue weighted by Gasteiger charge is 2.46. The van der Waals surface area contributed by atoms with Crippen LogP contribution < -0.4 is 5.73 Å².